The Kier molecular flexibility index (Phi) is 4.07. The minimum Gasteiger partial charge on any atom is -0.462 e. The Morgan fingerprint density at radius 3 is 2.95 bits per heavy atom. The average molecular weight is 310 g/mol. The molecule has 1 fully saturated rings. The van der Waals surface area contributed by atoms with Crippen LogP contribution >= 0.6 is 11.6 Å². The number of hydrogen-bond donors (Lipinski definition) is 0. The highest BCUT2D eigenvalue weighted by molar-refractivity contribution is 6.38. The summed E-state index contributed by atoms with van der Waals surface area (Å²) in [6, 6.07) is 0.258. The molecule has 0 spiro atoms. The number of rotatable bonds is 3. The summed E-state index contributed by atoms with van der Waals surface area (Å²) < 4.78 is 12.2. The van der Waals surface area contributed by atoms with Crippen molar-refractivity contribution in [2.75, 3.05) is 19.8 Å². The Bertz CT molecular complexity index is 665. The van der Waals surface area contributed by atoms with Crippen LogP contribution in [0.1, 0.15) is 36.2 Å². The Labute approximate surface area is 127 Å². The molecule has 112 valence electrons. The fourth-order valence-electron chi connectivity index (χ4n) is 2.51. The van der Waals surface area contributed by atoms with Gasteiger partial charge in [-0.05, 0) is 19.8 Å². The van der Waals surface area contributed by atoms with Gasteiger partial charge < -0.3 is 9.47 Å². The number of aromatic nitrogens is 3. The van der Waals surface area contributed by atoms with Crippen LogP contribution < -0.4 is 0 Å². The Morgan fingerprint density at radius 1 is 1.48 bits per heavy atom. The number of hydrogen-bond acceptors (Lipinski definition) is 5. The van der Waals surface area contributed by atoms with Crippen molar-refractivity contribution in [1.82, 2.24) is 14.8 Å². The molecule has 1 aliphatic heterocycles. The second-order valence-electron chi connectivity index (χ2n) is 4.88. The van der Waals surface area contributed by atoms with Crippen LogP contribution in [0.3, 0.4) is 0 Å². The zero-order chi connectivity index (χ0) is 14.8. The van der Waals surface area contributed by atoms with E-state index in [2.05, 4.69) is 10.1 Å². The average Bonchev–Trinajstić information content (AvgIpc) is 2.93. The molecule has 7 heteroatoms. The van der Waals surface area contributed by atoms with E-state index in [4.69, 9.17) is 21.1 Å². The summed E-state index contributed by atoms with van der Waals surface area (Å²) in [5.41, 5.74) is 0.970. The van der Waals surface area contributed by atoms with Gasteiger partial charge in [-0.2, -0.15) is 5.10 Å². The molecule has 0 amide bonds. The second-order valence-corrected chi connectivity index (χ2v) is 5.25. The summed E-state index contributed by atoms with van der Waals surface area (Å²) in [5, 5.41) is 5.41. The molecule has 2 aromatic heterocycles. The van der Waals surface area contributed by atoms with E-state index >= 15 is 0 Å². The van der Waals surface area contributed by atoms with Crippen molar-refractivity contribution >= 4 is 28.6 Å². The van der Waals surface area contributed by atoms with Crippen LogP contribution in [0.5, 0.6) is 0 Å². The van der Waals surface area contributed by atoms with E-state index in [0.29, 0.717) is 22.7 Å². The number of halogens is 1. The predicted octanol–water partition coefficient (Wildman–Crippen LogP) is 2.61. The van der Waals surface area contributed by atoms with Crippen molar-refractivity contribution in [3.63, 3.8) is 0 Å². The van der Waals surface area contributed by atoms with Crippen LogP contribution in [0.15, 0.2) is 12.4 Å². The lowest BCUT2D eigenvalue weighted by Gasteiger charge is -2.22. The van der Waals surface area contributed by atoms with Gasteiger partial charge in [0.2, 0.25) is 0 Å². The molecule has 1 saturated heterocycles. The van der Waals surface area contributed by atoms with Gasteiger partial charge in [0.05, 0.1) is 34.8 Å². The first-order valence-electron chi connectivity index (χ1n) is 6.99. The van der Waals surface area contributed by atoms with Crippen LogP contribution in [-0.2, 0) is 9.47 Å². The van der Waals surface area contributed by atoms with E-state index < -0.39 is 5.97 Å². The molecule has 0 radical (unpaired) electrons. The van der Waals surface area contributed by atoms with Crippen molar-refractivity contribution in [3.05, 3.63) is 23.0 Å². The fourth-order valence-corrected chi connectivity index (χ4v) is 2.77. The summed E-state index contributed by atoms with van der Waals surface area (Å²) in [7, 11) is 0. The highest BCUT2D eigenvalue weighted by Gasteiger charge is 2.22. The lowest BCUT2D eigenvalue weighted by molar-refractivity contribution is 0.0526. The predicted molar refractivity (Wildman–Crippen MR) is 77.6 cm³/mol. The molecule has 6 nitrogen and oxygen atoms in total. The minimum absolute atomic E-state index is 0.258. The van der Waals surface area contributed by atoms with Gasteiger partial charge in [0.1, 0.15) is 0 Å². The summed E-state index contributed by atoms with van der Waals surface area (Å²) in [6.45, 7) is 3.50. The maximum atomic E-state index is 11.8. The molecular formula is C14H16ClN3O3. The van der Waals surface area contributed by atoms with E-state index in [1.165, 1.54) is 6.20 Å². The quantitative estimate of drug-likeness (QED) is 0.815. The zero-order valence-corrected chi connectivity index (χ0v) is 12.5. The van der Waals surface area contributed by atoms with Crippen molar-refractivity contribution in [2.45, 2.75) is 25.8 Å². The van der Waals surface area contributed by atoms with Gasteiger partial charge in [0.15, 0.2) is 5.65 Å². The number of carbonyl (C=O) groups is 1. The molecule has 0 unspecified atom stereocenters. The lowest BCUT2D eigenvalue weighted by Crippen LogP contribution is -2.20. The van der Waals surface area contributed by atoms with E-state index in [1.54, 1.807) is 13.1 Å². The molecule has 1 aliphatic rings. The van der Waals surface area contributed by atoms with Gasteiger partial charge in [0, 0.05) is 19.4 Å². The molecule has 0 atom stereocenters. The number of ether oxygens (including phenoxy) is 2. The highest BCUT2D eigenvalue weighted by Crippen LogP contribution is 2.30. The molecule has 2 aromatic rings. The first kappa shape index (κ1) is 14.3. The maximum absolute atomic E-state index is 11.8. The van der Waals surface area contributed by atoms with Gasteiger partial charge in [-0.25, -0.2) is 14.5 Å². The number of fused-ring (bicyclic) bond motifs is 1. The topological polar surface area (TPSA) is 66.2 Å². The van der Waals surface area contributed by atoms with Gasteiger partial charge in [-0.15, -0.1) is 0 Å². The van der Waals surface area contributed by atoms with E-state index in [0.717, 1.165) is 26.1 Å². The largest absolute Gasteiger partial charge is 0.462 e. The van der Waals surface area contributed by atoms with Crippen LogP contribution in [0.2, 0.25) is 5.02 Å². The monoisotopic (exact) mass is 309 g/mol. The van der Waals surface area contributed by atoms with Crippen molar-refractivity contribution in [1.29, 1.82) is 0 Å². The van der Waals surface area contributed by atoms with E-state index in [-0.39, 0.29) is 11.6 Å². The van der Waals surface area contributed by atoms with Crippen LogP contribution in [0.4, 0.5) is 0 Å². The Balaban J connectivity index is 2.00. The van der Waals surface area contributed by atoms with Crippen LogP contribution in [0, 0.1) is 0 Å². The van der Waals surface area contributed by atoms with Crippen LogP contribution in [-0.4, -0.2) is 40.6 Å². The van der Waals surface area contributed by atoms with E-state index in [1.807, 2.05) is 4.68 Å². The van der Waals surface area contributed by atoms with Gasteiger partial charge in [-0.1, -0.05) is 11.6 Å². The van der Waals surface area contributed by atoms with Crippen molar-refractivity contribution in [3.8, 4) is 0 Å². The number of esters is 1. The van der Waals surface area contributed by atoms with Gasteiger partial charge in [0.25, 0.3) is 0 Å². The number of pyridine rings is 1. The highest BCUT2D eigenvalue weighted by atomic mass is 35.5. The zero-order valence-electron chi connectivity index (χ0n) is 11.7. The number of nitrogens with zero attached hydrogens (tertiary/aromatic N) is 3. The minimum atomic E-state index is -0.462. The molecule has 0 aromatic carbocycles. The third kappa shape index (κ3) is 2.61. The van der Waals surface area contributed by atoms with Gasteiger partial charge in [-0.3, -0.25) is 0 Å². The number of carbonyl (C=O) groups excluding carboxylic acids is 1. The molecule has 0 saturated carbocycles. The van der Waals surface area contributed by atoms with Crippen LogP contribution in [0.25, 0.3) is 11.0 Å². The Morgan fingerprint density at radius 2 is 2.24 bits per heavy atom. The summed E-state index contributed by atoms with van der Waals surface area (Å²) in [5.74, 6) is -0.462. The molecule has 0 N–H and O–H groups in total. The van der Waals surface area contributed by atoms with Crippen molar-refractivity contribution < 1.29 is 14.3 Å². The Hall–Kier alpha value is -1.66. The first-order valence-corrected chi connectivity index (χ1v) is 7.36. The first-order chi connectivity index (χ1) is 10.2. The smallest absolute Gasteiger partial charge is 0.341 e. The molecule has 0 bridgehead atoms. The third-order valence-electron chi connectivity index (χ3n) is 3.59. The lowest BCUT2D eigenvalue weighted by atomic mass is 10.1. The summed E-state index contributed by atoms with van der Waals surface area (Å²) in [6.07, 6.45) is 4.91. The molecule has 0 aliphatic carbocycles. The molecule has 3 heterocycles. The summed E-state index contributed by atoms with van der Waals surface area (Å²) >= 11 is 6.31. The molecular weight excluding hydrogens is 294 g/mol. The van der Waals surface area contributed by atoms with Crippen molar-refractivity contribution in [2.24, 2.45) is 0 Å². The second kappa shape index (κ2) is 5.99. The molecule has 3 rings (SSSR count). The standard InChI is InChI=1S/C14H16ClN3O3/c1-2-21-14(19)11-7-16-13-10(12(11)15)8-17-18(13)9-3-5-20-6-4-9/h7-9H,2-6H2,1H3. The normalized spacial score (nSPS) is 16.3. The van der Waals surface area contributed by atoms with Gasteiger partial charge >= 0.3 is 5.97 Å². The summed E-state index contributed by atoms with van der Waals surface area (Å²) in [4.78, 5) is 16.2. The maximum Gasteiger partial charge on any atom is 0.341 e. The van der Waals surface area contributed by atoms with E-state index in [9.17, 15) is 4.79 Å². The SMILES string of the molecule is CCOC(=O)c1cnc2c(cnn2C2CCOCC2)c1Cl. The molecule has 21 heavy (non-hydrogen) atoms. The third-order valence-corrected chi connectivity index (χ3v) is 4.00. The fraction of sp³-hybridized carbons (Fsp3) is 0.500.